The van der Waals surface area contributed by atoms with Crippen LogP contribution < -0.4 is 0 Å². The molecule has 16 heavy (non-hydrogen) atoms. The molecule has 1 aromatic rings. The summed E-state index contributed by atoms with van der Waals surface area (Å²) in [4.78, 5) is 0. The van der Waals surface area contributed by atoms with Crippen molar-refractivity contribution < 1.29 is 9.47 Å². The number of ether oxygens (including phenoxy) is 2. The average molecular weight is 219 g/mol. The van der Waals surface area contributed by atoms with Gasteiger partial charge in [0.15, 0.2) is 6.29 Å². The molecule has 0 amide bonds. The van der Waals surface area contributed by atoms with E-state index < -0.39 is 0 Å². The molecule has 0 N–H and O–H groups in total. The van der Waals surface area contributed by atoms with E-state index in [0.717, 1.165) is 25.0 Å². The zero-order chi connectivity index (χ0) is 11.4. The van der Waals surface area contributed by atoms with Crippen LogP contribution in [-0.2, 0) is 15.1 Å². The molecule has 2 rings (SSSR count). The molecule has 1 fully saturated rings. The van der Waals surface area contributed by atoms with E-state index in [9.17, 15) is 0 Å². The van der Waals surface area contributed by atoms with Gasteiger partial charge in [0.05, 0.1) is 5.60 Å². The molecule has 1 aliphatic rings. The van der Waals surface area contributed by atoms with E-state index in [4.69, 9.17) is 9.47 Å². The van der Waals surface area contributed by atoms with Crippen LogP contribution in [0.15, 0.2) is 24.3 Å². The van der Waals surface area contributed by atoms with E-state index in [0.29, 0.717) is 0 Å². The van der Waals surface area contributed by atoms with Crippen LogP contribution in [0, 0.1) is 6.07 Å². The van der Waals surface area contributed by atoms with Gasteiger partial charge in [0, 0.05) is 6.61 Å². The number of hydrogen-bond donors (Lipinski definition) is 0. The molecule has 2 nitrogen and oxygen atoms in total. The van der Waals surface area contributed by atoms with Gasteiger partial charge in [-0.25, -0.2) is 0 Å². The van der Waals surface area contributed by atoms with Crippen molar-refractivity contribution in [1.29, 1.82) is 0 Å². The van der Waals surface area contributed by atoms with Gasteiger partial charge >= 0.3 is 0 Å². The quantitative estimate of drug-likeness (QED) is 0.776. The van der Waals surface area contributed by atoms with Crippen LogP contribution in [0.4, 0.5) is 0 Å². The molecule has 1 saturated heterocycles. The summed E-state index contributed by atoms with van der Waals surface area (Å²) in [7, 11) is 0. The van der Waals surface area contributed by atoms with E-state index in [1.807, 2.05) is 18.2 Å². The summed E-state index contributed by atoms with van der Waals surface area (Å²) in [5.74, 6) is 0. The summed E-state index contributed by atoms with van der Waals surface area (Å²) in [6, 6.07) is 11.0. The summed E-state index contributed by atoms with van der Waals surface area (Å²) in [6.07, 6.45) is 3.30. The first-order valence-electron chi connectivity index (χ1n) is 5.94. The number of hydrogen-bond acceptors (Lipinski definition) is 2. The van der Waals surface area contributed by atoms with Crippen LogP contribution in [0.2, 0.25) is 0 Å². The van der Waals surface area contributed by atoms with E-state index in [2.05, 4.69) is 26.0 Å². The van der Waals surface area contributed by atoms with Crippen molar-refractivity contribution in [2.24, 2.45) is 0 Å². The van der Waals surface area contributed by atoms with Gasteiger partial charge in [-0.3, -0.25) is 0 Å². The predicted octanol–water partition coefficient (Wildman–Crippen LogP) is 3.27. The third-order valence-electron chi connectivity index (χ3n) is 2.97. The van der Waals surface area contributed by atoms with Crippen molar-refractivity contribution >= 4 is 0 Å². The topological polar surface area (TPSA) is 18.5 Å². The van der Waals surface area contributed by atoms with Crippen LogP contribution in [0.5, 0.6) is 0 Å². The molecule has 1 heterocycles. The molecular weight excluding hydrogens is 200 g/mol. The fourth-order valence-corrected chi connectivity index (χ4v) is 1.97. The molecule has 2 heteroatoms. The summed E-state index contributed by atoms with van der Waals surface area (Å²) < 4.78 is 11.6. The van der Waals surface area contributed by atoms with Crippen molar-refractivity contribution in [2.45, 2.75) is 45.0 Å². The monoisotopic (exact) mass is 219 g/mol. The molecule has 1 aromatic carbocycles. The normalized spacial score (nSPS) is 22.0. The van der Waals surface area contributed by atoms with Gasteiger partial charge in [0.25, 0.3) is 0 Å². The molecule has 0 bridgehead atoms. The van der Waals surface area contributed by atoms with E-state index in [-0.39, 0.29) is 11.9 Å². The van der Waals surface area contributed by atoms with Gasteiger partial charge in [-0.2, -0.15) is 0 Å². The molecule has 0 aliphatic carbocycles. The third-order valence-corrected chi connectivity index (χ3v) is 2.97. The van der Waals surface area contributed by atoms with Gasteiger partial charge in [-0.15, -0.1) is 0 Å². The Morgan fingerprint density at radius 1 is 1.44 bits per heavy atom. The SMILES string of the molecule is CC(C)(OC1CCCCO1)c1c[c]ccc1. The van der Waals surface area contributed by atoms with Crippen molar-refractivity contribution in [2.75, 3.05) is 6.61 Å². The predicted molar refractivity (Wildman–Crippen MR) is 63.0 cm³/mol. The van der Waals surface area contributed by atoms with Gasteiger partial charge < -0.3 is 9.47 Å². The Labute approximate surface area is 97.6 Å². The van der Waals surface area contributed by atoms with E-state index in [1.54, 1.807) is 0 Å². The molecule has 1 unspecified atom stereocenters. The Morgan fingerprint density at radius 3 is 2.94 bits per heavy atom. The van der Waals surface area contributed by atoms with Crippen molar-refractivity contribution in [3.63, 3.8) is 0 Å². The fraction of sp³-hybridized carbons (Fsp3) is 0.571. The maximum absolute atomic E-state index is 6.02. The molecule has 0 aromatic heterocycles. The lowest BCUT2D eigenvalue weighted by Crippen LogP contribution is -2.32. The lowest BCUT2D eigenvalue weighted by atomic mass is 9.98. The van der Waals surface area contributed by atoms with Crippen LogP contribution in [-0.4, -0.2) is 12.9 Å². The number of benzene rings is 1. The maximum Gasteiger partial charge on any atom is 0.158 e. The summed E-state index contributed by atoms with van der Waals surface area (Å²) in [6.45, 7) is 4.98. The average Bonchev–Trinajstić information content (AvgIpc) is 2.31. The van der Waals surface area contributed by atoms with Gasteiger partial charge in [-0.1, -0.05) is 18.2 Å². The first kappa shape index (κ1) is 11.6. The standard InChI is InChI=1S/C14H19O2/c1-14(2,12-8-4-3-5-9-12)16-13-10-6-7-11-15-13/h3-4,8-9,13H,6-7,10-11H2,1-2H3. The second-order valence-electron chi connectivity index (χ2n) is 4.72. The smallest absolute Gasteiger partial charge is 0.158 e. The summed E-state index contributed by atoms with van der Waals surface area (Å²) >= 11 is 0. The highest BCUT2D eigenvalue weighted by Gasteiger charge is 2.27. The van der Waals surface area contributed by atoms with Crippen LogP contribution >= 0.6 is 0 Å². The molecule has 87 valence electrons. The summed E-state index contributed by atoms with van der Waals surface area (Å²) in [5.41, 5.74) is 0.837. The van der Waals surface area contributed by atoms with Gasteiger partial charge in [-0.05, 0) is 50.8 Å². The zero-order valence-electron chi connectivity index (χ0n) is 10.0. The molecule has 1 atom stereocenters. The minimum Gasteiger partial charge on any atom is -0.353 e. The Hall–Kier alpha value is -0.860. The second-order valence-corrected chi connectivity index (χ2v) is 4.72. The maximum atomic E-state index is 6.02. The van der Waals surface area contributed by atoms with E-state index >= 15 is 0 Å². The minimum atomic E-state index is -0.306. The highest BCUT2D eigenvalue weighted by molar-refractivity contribution is 5.20. The Balaban J connectivity index is 2.01. The highest BCUT2D eigenvalue weighted by Crippen LogP contribution is 2.28. The number of rotatable bonds is 3. The zero-order valence-corrected chi connectivity index (χ0v) is 10.0. The molecule has 0 spiro atoms. The second kappa shape index (κ2) is 4.98. The van der Waals surface area contributed by atoms with Gasteiger partial charge in [0.1, 0.15) is 0 Å². The van der Waals surface area contributed by atoms with Crippen LogP contribution in [0.3, 0.4) is 0 Å². The first-order chi connectivity index (χ1) is 7.68. The van der Waals surface area contributed by atoms with Gasteiger partial charge in [0.2, 0.25) is 0 Å². The molecule has 1 radical (unpaired) electrons. The third kappa shape index (κ3) is 2.83. The highest BCUT2D eigenvalue weighted by atomic mass is 16.7. The van der Waals surface area contributed by atoms with E-state index in [1.165, 1.54) is 6.42 Å². The van der Waals surface area contributed by atoms with Crippen molar-refractivity contribution in [3.8, 4) is 0 Å². The van der Waals surface area contributed by atoms with Crippen LogP contribution in [0.1, 0.15) is 38.7 Å². The molecule has 1 aliphatic heterocycles. The lowest BCUT2D eigenvalue weighted by molar-refractivity contribution is -0.219. The largest absolute Gasteiger partial charge is 0.353 e. The van der Waals surface area contributed by atoms with Crippen molar-refractivity contribution in [3.05, 3.63) is 35.9 Å². The van der Waals surface area contributed by atoms with Crippen molar-refractivity contribution in [1.82, 2.24) is 0 Å². The summed E-state index contributed by atoms with van der Waals surface area (Å²) in [5, 5.41) is 0. The fourth-order valence-electron chi connectivity index (χ4n) is 1.97. The Morgan fingerprint density at radius 2 is 2.31 bits per heavy atom. The lowest BCUT2D eigenvalue weighted by Gasteiger charge is -2.33. The molecule has 0 saturated carbocycles. The Kier molecular flexibility index (Phi) is 3.62. The Bertz CT molecular complexity index is 313. The van der Waals surface area contributed by atoms with Crippen LogP contribution in [0.25, 0.3) is 0 Å². The molecular formula is C14H19O2. The first-order valence-corrected chi connectivity index (χ1v) is 5.94. The minimum absolute atomic E-state index is 0.0519.